The molecule has 0 N–H and O–H groups in total. The van der Waals surface area contributed by atoms with Crippen LogP contribution < -0.4 is 9.04 Å². The summed E-state index contributed by atoms with van der Waals surface area (Å²) < 4.78 is 33.7. The number of nitrogens with zero attached hydrogens (tertiary/aromatic N) is 2. The lowest BCUT2D eigenvalue weighted by molar-refractivity contribution is 0.306. The second-order valence-corrected chi connectivity index (χ2v) is 9.92. The van der Waals surface area contributed by atoms with Crippen LogP contribution in [0.25, 0.3) is 0 Å². The van der Waals surface area contributed by atoms with E-state index < -0.39 is 10.0 Å². The fraction of sp³-hybridized carbons (Fsp3) is 0.107. The number of anilines is 1. The lowest BCUT2D eigenvalue weighted by atomic mass is 10.2. The Morgan fingerprint density at radius 1 is 0.853 bits per heavy atom. The van der Waals surface area contributed by atoms with Crippen LogP contribution in [-0.2, 0) is 23.1 Å². The minimum atomic E-state index is -3.61. The Morgan fingerprint density at radius 2 is 1.62 bits per heavy atom. The zero-order chi connectivity index (χ0) is 23.4. The highest BCUT2D eigenvalue weighted by atomic mass is 32.2. The largest absolute Gasteiger partial charge is 0.489 e. The van der Waals surface area contributed by atoms with Gasteiger partial charge in [0.15, 0.2) is 0 Å². The lowest BCUT2D eigenvalue weighted by Gasteiger charge is -2.19. The highest BCUT2D eigenvalue weighted by Crippen LogP contribution is 2.33. The van der Waals surface area contributed by atoms with E-state index in [0.717, 1.165) is 34.5 Å². The fourth-order valence-corrected chi connectivity index (χ4v) is 5.47. The van der Waals surface area contributed by atoms with Crippen molar-refractivity contribution < 1.29 is 13.2 Å². The van der Waals surface area contributed by atoms with Gasteiger partial charge in [-0.3, -0.25) is 9.30 Å². The maximum Gasteiger partial charge on any atom is 0.264 e. The second-order valence-electron chi connectivity index (χ2n) is 8.05. The Balaban J connectivity index is 1.27. The Morgan fingerprint density at radius 3 is 2.44 bits per heavy atom. The summed E-state index contributed by atoms with van der Waals surface area (Å²) in [4.78, 5) is 4.77. The smallest absolute Gasteiger partial charge is 0.264 e. The third-order valence-corrected chi connectivity index (χ3v) is 7.57. The van der Waals surface area contributed by atoms with Gasteiger partial charge >= 0.3 is 0 Å². The molecule has 0 saturated carbocycles. The van der Waals surface area contributed by atoms with Crippen molar-refractivity contribution in [2.24, 2.45) is 4.99 Å². The molecular formula is C28H24N2O3S. The molecule has 0 amide bonds. The van der Waals surface area contributed by atoms with Gasteiger partial charge in [0.05, 0.1) is 16.3 Å². The molecule has 0 fully saturated rings. The van der Waals surface area contributed by atoms with Gasteiger partial charge in [0, 0.05) is 12.8 Å². The zero-order valence-corrected chi connectivity index (χ0v) is 19.4. The van der Waals surface area contributed by atoms with Crippen LogP contribution in [0.2, 0.25) is 0 Å². The van der Waals surface area contributed by atoms with E-state index in [0.29, 0.717) is 18.8 Å². The van der Waals surface area contributed by atoms with E-state index in [-0.39, 0.29) is 4.90 Å². The predicted octanol–water partition coefficient (Wildman–Crippen LogP) is 5.77. The average molecular weight is 469 g/mol. The van der Waals surface area contributed by atoms with Crippen LogP contribution >= 0.6 is 0 Å². The van der Waals surface area contributed by atoms with Gasteiger partial charge in [-0.05, 0) is 65.6 Å². The first kappa shape index (κ1) is 21.9. The number of fused-ring (bicyclic) bond motifs is 1. The van der Waals surface area contributed by atoms with E-state index in [2.05, 4.69) is 4.99 Å². The molecule has 5 rings (SSSR count). The molecule has 4 aromatic rings. The van der Waals surface area contributed by atoms with Gasteiger partial charge < -0.3 is 4.74 Å². The van der Waals surface area contributed by atoms with Crippen LogP contribution in [0.3, 0.4) is 0 Å². The zero-order valence-electron chi connectivity index (χ0n) is 18.5. The summed E-state index contributed by atoms with van der Waals surface area (Å²) in [6.45, 7) is 0.961. The molecule has 1 aliphatic heterocycles. The Bertz CT molecular complexity index is 1420. The predicted molar refractivity (Wildman–Crippen MR) is 136 cm³/mol. The van der Waals surface area contributed by atoms with E-state index in [4.69, 9.17) is 4.74 Å². The van der Waals surface area contributed by atoms with Crippen LogP contribution in [0, 0.1) is 0 Å². The molecule has 0 unspecified atom stereocenters. The number of sulfonamides is 1. The van der Waals surface area contributed by atoms with Gasteiger partial charge in [-0.2, -0.15) is 0 Å². The lowest BCUT2D eigenvalue weighted by Crippen LogP contribution is -2.29. The molecule has 4 aromatic carbocycles. The van der Waals surface area contributed by atoms with Crippen LogP contribution in [0.5, 0.6) is 5.75 Å². The van der Waals surface area contributed by atoms with Crippen LogP contribution in [0.4, 0.5) is 11.4 Å². The molecule has 0 saturated heterocycles. The molecule has 0 atom stereocenters. The molecule has 1 heterocycles. The molecule has 0 aromatic heterocycles. The summed E-state index contributed by atoms with van der Waals surface area (Å²) >= 11 is 0. The quantitative estimate of drug-likeness (QED) is 0.324. The standard InChI is InChI=1S/C28H24N2O3S/c31-34(32,30-18-17-24-10-4-5-12-28(24)30)27-15-13-25(14-16-27)29-20-23-9-6-11-26(19-23)33-21-22-7-2-1-3-8-22/h1-16,19-20H,17-18,21H2. The van der Waals surface area contributed by atoms with Gasteiger partial charge in [0.25, 0.3) is 10.0 Å². The summed E-state index contributed by atoms with van der Waals surface area (Å²) in [5, 5.41) is 0. The minimum absolute atomic E-state index is 0.263. The van der Waals surface area contributed by atoms with Crippen molar-refractivity contribution in [1.29, 1.82) is 0 Å². The van der Waals surface area contributed by atoms with Gasteiger partial charge in [0.2, 0.25) is 0 Å². The van der Waals surface area contributed by atoms with Crippen molar-refractivity contribution in [3.63, 3.8) is 0 Å². The minimum Gasteiger partial charge on any atom is -0.489 e. The van der Waals surface area contributed by atoms with Crippen molar-refractivity contribution in [2.45, 2.75) is 17.9 Å². The normalized spacial score (nSPS) is 13.2. The Labute approximate surface area is 200 Å². The molecule has 0 bridgehead atoms. The van der Waals surface area contributed by atoms with E-state index in [1.165, 1.54) is 4.31 Å². The topological polar surface area (TPSA) is 59.0 Å². The highest BCUT2D eigenvalue weighted by molar-refractivity contribution is 7.92. The molecule has 1 aliphatic rings. The van der Waals surface area contributed by atoms with Gasteiger partial charge in [0.1, 0.15) is 12.4 Å². The van der Waals surface area contributed by atoms with Crippen molar-refractivity contribution in [1.82, 2.24) is 0 Å². The van der Waals surface area contributed by atoms with Crippen LogP contribution in [-0.4, -0.2) is 21.2 Å². The van der Waals surface area contributed by atoms with E-state index >= 15 is 0 Å². The van der Waals surface area contributed by atoms with E-state index in [1.54, 1.807) is 30.5 Å². The maximum absolute atomic E-state index is 13.2. The molecule has 0 radical (unpaired) electrons. The number of para-hydroxylation sites is 1. The number of ether oxygens (including phenoxy) is 1. The molecular weight excluding hydrogens is 444 g/mol. The van der Waals surface area contributed by atoms with Gasteiger partial charge in [-0.15, -0.1) is 0 Å². The van der Waals surface area contributed by atoms with Crippen LogP contribution in [0.1, 0.15) is 16.7 Å². The first-order chi connectivity index (χ1) is 16.6. The fourth-order valence-electron chi connectivity index (χ4n) is 3.96. The monoisotopic (exact) mass is 468 g/mol. The number of aliphatic imine (C=N–C) groups is 1. The third-order valence-electron chi connectivity index (χ3n) is 5.74. The van der Waals surface area contributed by atoms with Crippen molar-refractivity contribution in [3.05, 3.63) is 120 Å². The summed E-state index contributed by atoms with van der Waals surface area (Å²) in [5.74, 6) is 0.764. The summed E-state index contributed by atoms with van der Waals surface area (Å²) in [6, 6.07) is 32.0. The van der Waals surface area contributed by atoms with E-state index in [1.807, 2.05) is 78.9 Å². The Kier molecular flexibility index (Phi) is 6.14. The second kappa shape index (κ2) is 9.53. The first-order valence-electron chi connectivity index (χ1n) is 11.1. The number of hydrogen-bond acceptors (Lipinski definition) is 4. The number of hydrogen-bond donors (Lipinski definition) is 0. The van der Waals surface area contributed by atoms with E-state index in [9.17, 15) is 8.42 Å². The SMILES string of the molecule is O=S(=O)(c1ccc(N=Cc2cccc(OCc3ccccc3)c2)cc1)N1CCc2ccccc21. The van der Waals surface area contributed by atoms with Crippen molar-refractivity contribution >= 4 is 27.6 Å². The molecule has 5 nitrogen and oxygen atoms in total. The highest BCUT2D eigenvalue weighted by Gasteiger charge is 2.30. The Hall–Kier alpha value is -3.90. The molecule has 34 heavy (non-hydrogen) atoms. The van der Waals surface area contributed by atoms with Crippen molar-refractivity contribution in [2.75, 3.05) is 10.8 Å². The number of rotatable bonds is 7. The summed E-state index contributed by atoms with van der Waals surface area (Å²) in [5.41, 5.74) is 4.50. The average Bonchev–Trinajstić information content (AvgIpc) is 3.33. The van der Waals surface area contributed by atoms with Crippen LogP contribution in [0.15, 0.2) is 113 Å². The van der Waals surface area contributed by atoms with Gasteiger partial charge in [-0.1, -0.05) is 60.7 Å². The van der Waals surface area contributed by atoms with Crippen molar-refractivity contribution in [3.8, 4) is 5.75 Å². The number of benzene rings is 4. The molecule has 0 aliphatic carbocycles. The summed E-state index contributed by atoms with van der Waals surface area (Å²) in [7, 11) is -3.61. The third kappa shape index (κ3) is 4.72. The molecule has 0 spiro atoms. The maximum atomic E-state index is 13.2. The molecule has 6 heteroatoms. The molecule has 170 valence electrons. The summed E-state index contributed by atoms with van der Waals surface area (Å²) in [6.07, 6.45) is 2.47. The first-order valence-corrected chi connectivity index (χ1v) is 12.6. The van der Waals surface area contributed by atoms with Gasteiger partial charge in [-0.25, -0.2) is 8.42 Å².